The molecule has 9 aliphatic heterocycles. The summed E-state index contributed by atoms with van der Waals surface area (Å²) in [7, 11) is -5.61. The average Bonchev–Trinajstić information content (AvgIpc) is 1.69. The molecule has 787 valence electrons. The smallest absolute Gasteiger partial charge is 1.00 e. The van der Waals surface area contributed by atoms with Crippen LogP contribution in [-0.4, -0.2) is 237 Å². The molecule has 9 aliphatic rings. The molecule has 0 aliphatic carbocycles. The number of aromatic nitrogens is 5. The molecular weight excluding hydrogens is 1970 g/mol. The number of carbonyl (C=O) groups is 3. The van der Waals surface area contributed by atoms with Crippen molar-refractivity contribution in [3.8, 4) is 30.3 Å². The number of fused-ring (bicyclic) bond motifs is 5. The fraction of sp³-hybridized carbons (Fsp3) is 0.531. The van der Waals surface area contributed by atoms with Gasteiger partial charge in [0.05, 0.1) is 87.1 Å². The molecule has 9 fully saturated rings. The number of nitriles is 5. The summed E-state index contributed by atoms with van der Waals surface area (Å²) in [5.74, 6) is 2.52. The topological polar surface area (TPSA) is 381 Å². The van der Waals surface area contributed by atoms with Crippen LogP contribution >= 0.6 is 15.9 Å². The first-order chi connectivity index (χ1) is 70.9. The van der Waals surface area contributed by atoms with Crippen molar-refractivity contribution in [2.45, 2.75) is 164 Å². The number of aliphatic hydroxyl groups excluding tert-OH is 1. The number of alkyl halides is 3. The van der Waals surface area contributed by atoms with E-state index >= 15 is 0 Å². The first-order valence-corrected chi connectivity index (χ1v) is 54.4. The first-order valence-electron chi connectivity index (χ1n) is 52.1. The van der Waals surface area contributed by atoms with Gasteiger partial charge in [0, 0.05) is 191 Å². The summed E-state index contributed by atoms with van der Waals surface area (Å²) in [6.07, 6.45) is 23.6. The molecule has 0 unspecified atom stereocenters. The molecule has 149 heavy (non-hydrogen) atoms. The van der Waals surface area contributed by atoms with Crippen LogP contribution in [0.1, 0.15) is 182 Å². The number of halogens is 4. The quantitative estimate of drug-likeness (QED) is 0.0192. The van der Waals surface area contributed by atoms with Crippen LogP contribution in [0.3, 0.4) is 0 Å². The third kappa shape index (κ3) is 29.3. The van der Waals surface area contributed by atoms with Crippen molar-refractivity contribution >= 4 is 130 Å². The molecule has 36 heteroatoms. The molecule has 9 saturated heterocycles. The Hall–Kier alpha value is -11.3. The minimum Gasteiger partial charge on any atom is -1.00 e. The van der Waals surface area contributed by atoms with Crippen LogP contribution in [0, 0.1) is 127 Å². The third-order valence-corrected chi connectivity index (χ3v) is 32.9. The standard InChI is InChI=1S/C26H35N5.C19H21N3O2.C18H18F3N3O3S.C17H19N3O.C14H26N2O2.C10H5BrN2.C9H17NO2.B.Li.H/c1-2-20-18-31(24-6-5-21(16-27)25-23(24)4-3-11-29-25)19-22(20)17-30-14-9-26(10-15-30)7-12-28-13-8-26;1-3-13-11-22(12-16(13)19(23)24-4-2)17-8-7-14(10-20)18-15(17)6-5-9-21-18;1-2-12-9-24(10-14(12)11-27-28(25,26)18(19,20)21)16-6-5-13(8-22)17-15(16)4-3-7-23-17;1-2-12-9-20(10-14(12)11-21)16-6-5-13(8-18)17-15(16)4-3-7-19-17;1-13(2,3)18-12(17)16-10-6-14(7-11-16)4-8-15-9-5-14;11-9-4-3-7(6-12)10-8(9)2-1-5-13-10;1-3-7-5-10-6-8(7)9(11)12-4-2;;;/h3-6,11,20,22,28H,2,7-10,12-15,17-19H2,1H3;5-9,13,16H,3-4,11-12H2,1-2H3;3-7,12,14H,2,9-11H2,1H3;3-7,12,14,21H,2,9-11H2,1H3;15H,4-11H2,1-3H3;1-5H;7-8,10H,3-6H2,1-2H3;;;/q;;;;;;;;+1;-1/t20-,22-;13-,16-;2*12-,14+;;;7-,8-;;;/m1111..1.../s1. The summed E-state index contributed by atoms with van der Waals surface area (Å²) in [5.41, 5.74) is 6.00. The monoisotopic (exact) mass is 2110 g/mol. The number of anilines is 4. The Morgan fingerprint density at radius 3 is 1.15 bits per heavy atom. The van der Waals surface area contributed by atoms with Gasteiger partial charge in [-0.3, -0.25) is 38.7 Å². The number of amides is 1. The normalized spacial score (nSPS) is 21.7. The van der Waals surface area contributed by atoms with Crippen LogP contribution in [0.15, 0.2) is 157 Å². The molecular formula is C113H142BBrF3LiN19O10S. The van der Waals surface area contributed by atoms with Gasteiger partial charge in [0.25, 0.3) is 0 Å². The van der Waals surface area contributed by atoms with E-state index in [1.165, 1.54) is 83.4 Å². The number of carbonyl (C=O) groups excluding carboxylic acids is 3. The fourth-order valence-electron chi connectivity index (χ4n) is 22.6. The Morgan fingerprint density at radius 2 is 0.779 bits per heavy atom. The molecule has 1 amide bonds. The number of pyridine rings is 5. The molecule has 5 aromatic heterocycles. The summed E-state index contributed by atoms with van der Waals surface area (Å²) < 4.78 is 80.9. The van der Waals surface area contributed by atoms with Gasteiger partial charge in [-0.05, 0) is 293 Å². The number of hydrogen-bond donors (Lipinski definition) is 4. The van der Waals surface area contributed by atoms with Crippen molar-refractivity contribution in [2.24, 2.45) is 70.0 Å². The maximum atomic E-state index is 12.5. The van der Waals surface area contributed by atoms with Crippen LogP contribution in [0.4, 0.5) is 40.7 Å². The van der Waals surface area contributed by atoms with Crippen molar-refractivity contribution in [2.75, 3.05) is 170 Å². The second-order valence-corrected chi connectivity index (χ2v) is 43.4. The van der Waals surface area contributed by atoms with Gasteiger partial charge < -0.3 is 66.1 Å². The minimum absolute atomic E-state index is 0. The number of nitrogens with one attached hydrogen (secondary N) is 3. The van der Waals surface area contributed by atoms with Gasteiger partial charge in [-0.25, -0.2) is 4.79 Å². The molecule has 5 aromatic carbocycles. The van der Waals surface area contributed by atoms with Gasteiger partial charge in [0.2, 0.25) is 0 Å². The maximum Gasteiger partial charge on any atom is 1.00 e. The van der Waals surface area contributed by atoms with Crippen LogP contribution in [-0.2, 0) is 38.1 Å². The number of aliphatic hydroxyl groups is 1. The van der Waals surface area contributed by atoms with Gasteiger partial charge in [0.1, 0.15) is 35.9 Å². The predicted octanol–water partition coefficient (Wildman–Crippen LogP) is 15.9. The van der Waals surface area contributed by atoms with Crippen molar-refractivity contribution in [3.05, 3.63) is 185 Å². The molecule has 10 atom stereocenters. The number of hydrogen-bond acceptors (Lipinski definition) is 28. The second kappa shape index (κ2) is 55.1. The number of piperidine rings is 4. The number of esters is 2. The summed E-state index contributed by atoms with van der Waals surface area (Å²) >= 11 is 3.41. The Bertz CT molecular complexity index is 6510. The number of benzene rings is 5. The molecule has 0 saturated carbocycles. The number of ether oxygens (including phenoxy) is 3. The van der Waals surface area contributed by atoms with Gasteiger partial charge in [-0.2, -0.15) is 47.9 Å². The number of rotatable bonds is 19. The molecule has 3 radical (unpaired) electrons. The van der Waals surface area contributed by atoms with Gasteiger partial charge in [-0.1, -0.05) is 88.7 Å². The second-order valence-electron chi connectivity index (χ2n) is 40.9. The Balaban J connectivity index is 0.000000182. The molecule has 29 nitrogen and oxygen atoms in total. The van der Waals surface area contributed by atoms with E-state index < -0.39 is 22.2 Å². The van der Waals surface area contributed by atoms with E-state index in [1.807, 2.05) is 136 Å². The molecule has 4 N–H and O–H groups in total. The van der Waals surface area contributed by atoms with E-state index in [9.17, 15) is 62.1 Å². The van der Waals surface area contributed by atoms with E-state index in [0.717, 1.165) is 181 Å². The van der Waals surface area contributed by atoms with E-state index in [2.05, 4.69) is 151 Å². The zero-order valence-electron chi connectivity index (χ0n) is 88.9. The van der Waals surface area contributed by atoms with E-state index in [-0.39, 0.29) is 88.5 Å². The molecule has 19 rings (SSSR count). The maximum absolute atomic E-state index is 12.5. The summed E-state index contributed by atoms with van der Waals surface area (Å²) in [5, 5.41) is 70.6. The van der Waals surface area contributed by atoms with Crippen LogP contribution < -0.4 is 54.4 Å². The van der Waals surface area contributed by atoms with Crippen molar-refractivity contribution in [1.82, 2.24) is 50.7 Å². The first kappa shape index (κ1) is 118. The zero-order chi connectivity index (χ0) is 105. The largest absolute Gasteiger partial charge is 1.00 e. The molecule has 14 heterocycles. The van der Waals surface area contributed by atoms with Gasteiger partial charge in [-0.15, -0.1) is 0 Å². The number of likely N-dealkylation sites (tertiary alicyclic amines) is 2. The Morgan fingerprint density at radius 1 is 0.443 bits per heavy atom. The minimum atomic E-state index is -5.61. The predicted molar refractivity (Wildman–Crippen MR) is 578 cm³/mol. The summed E-state index contributed by atoms with van der Waals surface area (Å²) in [4.78, 5) is 71.0. The zero-order valence-corrected chi connectivity index (χ0v) is 90.3. The fourth-order valence-corrected chi connectivity index (χ4v) is 23.5. The van der Waals surface area contributed by atoms with Crippen LogP contribution in [0.5, 0.6) is 0 Å². The van der Waals surface area contributed by atoms with E-state index in [0.29, 0.717) is 107 Å². The molecule has 0 bridgehead atoms. The van der Waals surface area contributed by atoms with Gasteiger partial charge in [0.15, 0.2) is 0 Å². The van der Waals surface area contributed by atoms with Gasteiger partial charge >= 0.3 is 52.5 Å². The third-order valence-electron chi connectivity index (χ3n) is 31.1. The summed E-state index contributed by atoms with van der Waals surface area (Å²) in [6, 6.07) is 49.0. The molecule has 10 aromatic rings. The summed E-state index contributed by atoms with van der Waals surface area (Å²) in [6.45, 7) is 39.0. The Kier molecular flexibility index (Phi) is 43.6. The molecule has 2 spiro atoms. The average molecular weight is 2110 g/mol. The Labute approximate surface area is 899 Å². The van der Waals surface area contributed by atoms with Crippen LogP contribution in [0.25, 0.3) is 54.5 Å². The van der Waals surface area contributed by atoms with Crippen molar-refractivity contribution < 1.29 is 79.8 Å². The van der Waals surface area contributed by atoms with E-state index in [1.54, 1.807) is 55.2 Å². The van der Waals surface area contributed by atoms with Crippen LogP contribution in [0.2, 0.25) is 0 Å². The van der Waals surface area contributed by atoms with Crippen molar-refractivity contribution in [1.29, 1.82) is 26.3 Å². The number of nitrogens with zero attached hydrogens (tertiary/aromatic N) is 16. The van der Waals surface area contributed by atoms with Crippen molar-refractivity contribution in [3.63, 3.8) is 0 Å². The van der Waals surface area contributed by atoms with E-state index in [4.69, 9.17) is 19.5 Å². The SMILES string of the molecule is CC(C)(C)OC(=O)N1CCC2(CCNCC2)CC1.CCOC(=O)[C@@H]1CN(c2ccc(C#N)c3ncccc23)C[C@H]1CC.CCOC(=O)[C@@H]1CNC[C@H]1CC.CC[C@@H]1CN(c2ccc(C#N)c3ncccc23)C[C@H]1CN1CCC2(CCNCC2)CC1.CC[C@@H]1CN(c2ccc(C#N)c3ncccc23)C[C@H]1CO.CC[C@@H]1CN(c2ccc(C#N)c3ncccc23)C[C@H]1COS(=O)(=O)C(F)(F)F.N#Cc1ccc(Br)c2cccnc12.[B].[H-].[Li+].